The molecule has 0 atom stereocenters. The van der Waals surface area contributed by atoms with Crippen LogP contribution < -0.4 is 15.6 Å². The summed E-state index contributed by atoms with van der Waals surface area (Å²) in [5.41, 5.74) is 8.30. The number of benzene rings is 3. The number of hydrogen-bond donors (Lipinski definition) is 2. The number of ether oxygens (including phenoxy) is 1. The van der Waals surface area contributed by atoms with Gasteiger partial charge < -0.3 is 4.74 Å². The van der Waals surface area contributed by atoms with E-state index in [9.17, 15) is 9.59 Å². The van der Waals surface area contributed by atoms with Crippen LogP contribution in [0.1, 0.15) is 22.8 Å². The van der Waals surface area contributed by atoms with Gasteiger partial charge in [0.05, 0.1) is 0 Å². The molecule has 0 unspecified atom stereocenters. The van der Waals surface area contributed by atoms with Crippen molar-refractivity contribution in [2.24, 2.45) is 0 Å². The fraction of sp³-hybridized carbons (Fsp3) is 0.130. The molecule has 0 radical (unpaired) electrons. The van der Waals surface area contributed by atoms with Crippen molar-refractivity contribution in [3.05, 3.63) is 90.0 Å². The van der Waals surface area contributed by atoms with Gasteiger partial charge in [-0.25, -0.2) is 0 Å². The molecule has 5 heteroatoms. The molecule has 0 heterocycles. The zero-order chi connectivity index (χ0) is 19.8. The van der Waals surface area contributed by atoms with E-state index >= 15 is 0 Å². The van der Waals surface area contributed by atoms with Gasteiger partial charge in [-0.3, -0.25) is 20.4 Å². The molecule has 3 aromatic carbocycles. The predicted octanol–water partition coefficient (Wildman–Crippen LogP) is 3.76. The van der Waals surface area contributed by atoms with E-state index in [1.807, 2.05) is 73.7 Å². The first kappa shape index (κ1) is 19.2. The molecule has 0 fully saturated rings. The number of aryl methyl sites for hydroxylation is 1. The molecule has 0 aromatic heterocycles. The Morgan fingerprint density at radius 3 is 2.21 bits per heavy atom. The Morgan fingerprint density at radius 1 is 0.821 bits per heavy atom. The van der Waals surface area contributed by atoms with Crippen molar-refractivity contribution < 1.29 is 14.3 Å². The molecule has 142 valence electrons. The lowest BCUT2D eigenvalue weighted by Crippen LogP contribution is -2.43. The average molecular weight is 374 g/mol. The van der Waals surface area contributed by atoms with Gasteiger partial charge in [0, 0.05) is 11.1 Å². The van der Waals surface area contributed by atoms with E-state index < -0.39 is 5.91 Å². The van der Waals surface area contributed by atoms with Crippen molar-refractivity contribution in [2.45, 2.75) is 13.3 Å². The minimum Gasteiger partial charge on any atom is -0.483 e. The third-order valence-corrected chi connectivity index (χ3v) is 4.27. The molecular weight excluding hydrogens is 352 g/mol. The maximum atomic E-state index is 12.1. The summed E-state index contributed by atoms with van der Waals surface area (Å²) in [6, 6.07) is 24.5. The molecule has 28 heavy (non-hydrogen) atoms. The Balaban J connectivity index is 1.54. The van der Waals surface area contributed by atoms with Crippen LogP contribution >= 0.6 is 0 Å². The summed E-state index contributed by atoms with van der Waals surface area (Å²) in [5, 5.41) is 0. The molecule has 0 saturated heterocycles. The normalized spacial score (nSPS) is 10.2. The molecule has 0 bridgehead atoms. The summed E-state index contributed by atoms with van der Waals surface area (Å²) < 4.78 is 5.66. The zero-order valence-electron chi connectivity index (χ0n) is 15.6. The summed E-state index contributed by atoms with van der Waals surface area (Å²) in [6.45, 7) is 1.84. The molecule has 2 amide bonds. The minimum atomic E-state index is -0.443. The molecular formula is C23H22N2O3. The van der Waals surface area contributed by atoms with Gasteiger partial charge in [-0.2, -0.15) is 0 Å². The van der Waals surface area contributed by atoms with Gasteiger partial charge in [-0.15, -0.1) is 0 Å². The lowest BCUT2D eigenvalue weighted by atomic mass is 10.1. The summed E-state index contributed by atoms with van der Waals surface area (Å²) >= 11 is 0. The van der Waals surface area contributed by atoms with E-state index in [0.717, 1.165) is 23.1 Å². The average Bonchev–Trinajstić information content (AvgIpc) is 2.77. The number of carbonyl (C=O) groups excluding carboxylic acids is 2. The van der Waals surface area contributed by atoms with E-state index in [0.29, 0.717) is 11.3 Å². The van der Waals surface area contributed by atoms with Crippen molar-refractivity contribution in [3.8, 4) is 16.9 Å². The smallest absolute Gasteiger partial charge is 0.276 e. The van der Waals surface area contributed by atoms with E-state index in [-0.39, 0.29) is 12.5 Å². The number of carbonyl (C=O) groups is 2. The Kier molecular flexibility index (Phi) is 6.41. The number of hydrazine groups is 1. The summed E-state index contributed by atoms with van der Waals surface area (Å²) in [7, 11) is 0. The standard InChI is InChI=1S/C23H22N2O3/c1-2-17-12-14-19(15-13-17)23(27)25-24-22(26)16-28-21-11-7-6-10-20(21)18-8-4-3-5-9-18/h3-15H,2,16H2,1H3,(H,24,26)(H,25,27). The molecule has 0 aliphatic rings. The first-order chi connectivity index (χ1) is 13.7. The van der Waals surface area contributed by atoms with Gasteiger partial charge in [0.2, 0.25) is 0 Å². The SMILES string of the molecule is CCc1ccc(C(=O)NNC(=O)COc2ccccc2-c2ccccc2)cc1. The maximum Gasteiger partial charge on any atom is 0.276 e. The number of para-hydroxylation sites is 1. The molecule has 2 N–H and O–H groups in total. The van der Waals surface area contributed by atoms with Crippen molar-refractivity contribution in [1.82, 2.24) is 10.9 Å². The summed E-state index contributed by atoms with van der Waals surface area (Å²) in [5.74, 6) is -0.215. The molecule has 3 rings (SSSR count). The second-order valence-corrected chi connectivity index (χ2v) is 6.20. The first-order valence-corrected chi connectivity index (χ1v) is 9.12. The van der Waals surface area contributed by atoms with Crippen molar-refractivity contribution in [1.29, 1.82) is 0 Å². The van der Waals surface area contributed by atoms with E-state index in [2.05, 4.69) is 10.9 Å². The zero-order valence-corrected chi connectivity index (χ0v) is 15.6. The quantitative estimate of drug-likeness (QED) is 0.646. The molecule has 0 aliphatic carbocycles. The van der Waals surface area contributed by atoms with Crippen molar-refractivity contribution in [2.75, 3.05) is 6.61 Å². The maximum absolute atomic E-state index is 12.1. The molecule has 0 saturated carbocycles. The Morgan fingerprint density at radius 2 is 1.50 bits per heavy atom. The lowest BCUT2D eigenvalue weighted by molar-refractivity contribution is -0.123. The van der Waals surface area contributed by atoms with Gasteiger partial charge in [0.1, 0.15) is 5.75 Å². The fourth-order valence-corrected chi connectivity index (χ4v) is 2.72. The van der Waals surface area contributed by atoms with Crippen LogP contribution in [0.15, 0.2) is 78.9 Å². The van der Waals surface area contributed by atoms with Gasteiger partial charge in [-0.05, 0) is 35.7 Å². The summed E-state index contributed by atoms with van der Waals surface area (Å²) in [6.07, 6.45) is 0.903. The molecule has 0 spiro atoms. The molecule has 3 aromatic rings. The van der Waals surface area contributed by atoms with Crippen LogP contribution in [0.5, 0.6) is 5.75 Å². The van der Waals surface area contributed by atoms with Crippen LogP contribution in [-0.4, -0.2) is 18.4 Å². The Bertz CT molecular complexity index is 938. The monoisotopic (exact) mass is 374 g/mol. The van der Waals surface area contributed by atoms with Gasteiger partial charge in [0.15, 0.2) is 6.61 Å². The van der Waals surface area contributed by atoms with Crippen LogP contribution in [0, 0.1) is 0 Å². The van der Waals surface area contributed by atoms with Crippen molar-refractivity contribution >= 4 is 11.8 Å². The second-order valence-electron chi connectivity index (χ2n) is 6.20. The number of nitrogens with one attached hydrogen (secondary N) is 2. The Hall–Kier alpha value is -3.60. The first-order valence-electron chi connectivity index (χ1n) is 9.12. The lowest BCUT2D eigenvalue weighted by Gasteiger charge is -2.12. The van der Waals surface area contributed by atoms with E-state index in [1.165, 1.54) is 0 Å². The predicted molar refractivity (Wildman–Crippen MR) is 109 cm³/mol. The van der Waals surface area contributed by atoms with Gasteiger partial charge in [-0.1, -0.05) is 67.6 Å². The van der Waals surface area contributed by atoms with Crippen LogP contribution in [0.2, 0.25) is 0 Å². The topological polar surface area (TPSA) is 67.4 Å². The molecule has 5 nitrogen and oxygen atoms in total. The minimum absolute atomic E-state index is 0.209. The third kappa shape index (κ3) is 4.98. The van der Waals surface area contributed by atoms with E-state index in [1.54, 1.807) is 12.1 Å². The highest BCUT2D eigenvalue weighted by Gasteiger charge is 2.10. The van der Waals surface area contributed by atoms with Crippen LogP contribution in [0.4, 0.5) is 0 Å². The highest BCUT2D eigenvalue weighted by Crippen LogP contribution is 2.29. The van der Waals surface area contributed by atoms with Crippen LogP contribution in [-0.2, 0) is 11.2 Å². The van der Waals surface area contributed by atoms with Crippen LogP contribution in [0.25, 0.3) is 11.1 Å². The molecule has 0 aliphatic heterocycles. The number of hydrogen-bond acceptors (Lipinski definition) is 3. The third-order valence-electron chi connectivity index (χ3n) is 4.27. The fourth-order valence-electron chi connectivity index (χ4n) is 2.72. The number of amides is 2. The largest absolute Gasteiger partial charge is 0.483 e. The second kappa shape index (κ2) is 9.37. The number of rotatable bonds is 6. The van der Waals surface area contributed by atoms with Crippen molar-refractivity contribution in [3.63, 3.8) is 0 Å². The van der Waals surface area contributed by atoms with Gasteiger partial charge in [0.25, 0.3) is 11.8 Å². The van der Waals surface area contributed by atoms with Crippen LogP contribution in [0.3, 0.4) is 0 Å². The summed E-state index contributed by atoms with van der Waals surface area (Å²) in [4.78, 5) is 24.1. The highest BCUT2D eigenvalue weighted by molar-refractivity contribution is 5.95. The Labute approximate surface area is 164 Å². The van der Waals surface area contributed by atoms with Gasteiger partial charge >= 0.3 is 0 Å². The highest BCUT2D eigenvalue weighted by atomic mass is 16.5. The van der Waals surface area contributed by atoms with E-state index in [4.69, 9.17) is 4.74 Å².